The molecule has 1 aromatic heterocycles. The molecular weight excluding hydrogens is 326 g/mol. The van der Waals surface area contributed by atoms with E-state index in [2.05, 4.69) is 39.4 Å². The van der Waals surface area contributed by atoms with Crippen molar-refractivity contribution < 1.29 is 0 Å². The number of thiophene rings is 1. The van der Waals surface area contributed by atoms with Crippen molar-refractivity contribution in [1.82, 2.24) is 4.90 Å². The fraction of sp³-hybridized carbons (Fsp3) is 0.556. The third-order valence-corrected chi connectivity index (χ3v) is 6.19. The molecule has 2 aliphatic rings. The van der Waals surface area contributed by atoms with Gasteiger partial charge < -0.3 is 10.6 Å². The quantitative estimate of drug-likeness (QED) is 0.913. The lowest BCUT2D eigenvalue weighted by atomic mass is 9.79. The fourth-order valence-corrected chi connectivity index (χ4v) is 4.66. The minimum absolute atomic E-state index is 0. The van der Waals surface area contributed by atoms with Crippen molar-refractivity contribution >= 4 is 39.5 Å². The summed E-state index contributed by atoms with van der Waals surface area (Å²) >= 11 is 1.84. The van der Waals surface area contributed by atoms with Gasteiger partial charge in [0.2, 0.25) is 0 Å². The highest BCUT2D eigenvalue weighted by Crippen LogP contribution is 2.32. The monoisotopic (exact) mass is 351 g/mol. The zero-order chi connectivity index (χ0) is 14.9. The Morgan fingerprint density at radius 1 is 1.09 bits per heavy atom. The maximum absolute atomic E-state index is 5.88. The number of halogens is 1. The van der Waals surface area contributed by atoms with Crippen LogP contribution in [-0.2, 0) is 0 Å². The van der Waals surface area contributed by atoms with Crippen LogP contribution >= 0.6 is 23.7 Å². The molecule has 5 heteroatoms. The van der Waals surface area contributed by atoms with E-state index in [0.717, 1.165) is 19.0 Å². The SMILES string of the molecule is Cl.NC1CC(CCN2CCN(c3cccc4sccc34)CC2)C1. The predicted octanol–water partition coefficient (Wildman–Crippen LogP) is 3.57. The first kappa shape index (κ1) is 17.0. The zero-order valence-corrected chi connectivity index (χ0v) is 15.1. The van der Waals surface area contributed by atoms with Crippen molar-refractivity contribution in [2.45, 2.75) is 25.3 Å². The lowest BCUT2D eigenvalue weighted by Gasteiger charge is -2.38. The van der Waals surface area contributed by atoms with Gasteiger partial charge in [-0.1, -0.05) is 6.07 Å². The van der Waals surface area contributed by atoms with Gasteiger partial charge in [0.25, 0.3) is 0 Å². The van der Waals surface area contributed by atoms with Gasteiger partial charge in [0.15, 0.2) is 0 Å². The summed E-state index contributed by atoms with van der Waals surface area (Å²) in [6.45, 7) is 5.95. The molecule has 2 heterocycles. The average Bonchev–Trinajstić information content (AvgIpc) is 2.99. The number of nitrogens with zero attached hydrogens (tertiary/aromatic N) is 2. The summed E-state index contributed by atoms with van der Waals surface area (Å²) in [7, 11) is 0. The van der Waals surface area contributed by atoms with Crippen LogP contribution in [0.25, 0.3) is 10.1 Å². The minimum Gasteiger partial charge on any atom is -0.368 e. The summed E-state index contributed by atoms with van der Waals surface area (Å²) in [5.41, 5.74) is 7.30. The molecule has 23 heavy (non-hydrogen) atoms. The van der Waals surface area contributed by atoms with E-state index in [4.69, 9.17) is 5.73 Å². The highest BCUT2D eigenvalue weighted by atomic mass is 35.5. The smallest absolute Gasteiger partial charge is 0.0455 e. The van der Waals surface area contributed by atoms with Gasteiger partial charge in [-0.15, -0.1) is 23.7 Å². The van der Waals surface area contributed by atoms with Crippen molar-refractivity contribution in [2.24, 2.45) is 11.7 Å². The molecule has 1 aromatic carbocycles. The van der Waals surface area contributed by atoms with E-state index in [-0.39, 0.29) is 12.4 Å². The summed E-state index contributed by atoms with van der Waals surface area (Å²) in [6, 6.07) is 9.46. The van der Waals surface area contributed by atoms with E-state index in [1.165, 1.54) is 54.7 Å². The normalized spacial score (nSPS) is 25.2. The predicted molar refractivity (Wildman–Crippen MR) is 103 cm³/mol. The lowest BCUT2D eigenvalue weighted by Crippen LogP contribution is -2.47. The van der Waals surface area contributed by atoms with Gasteiger partial charge >= 0.3 is 0 Å². The molecule has 0 spiro atoms. The Kier molecular flexibility index (Phi) is 5.47. The summed E-state index contributed by atoms with van der Waals surface area (Å²) < 4.78 is 1.40. The number of anilines is 1. The zero-order valence-electron chi connectivity index (χ0n) is 13.5. The maximum atomic E-state index is 5.88. The van der Waals surface area contributed by atoms with Gasteiger partial charge in [-0.05, 0) is 55.3 Å². The Balaban J connectivity index is 0.00000156. The Bertz CT molecular complexity index is 630. The van der Waals surface area contributed by atoms with Crippen LogP contribution in [0.1, 0.15) is 19.3 Å². The highest BCUT2D eigenvalue weighted by Gasteiger charge is 2.26. The molecule has 4 rings (SSSR count). The van der Waals surface area contributed by atoms with E-state index in [1.807, 2.05) is 11.3 Å². The van der Waals surface area contributed by atoms with Crippen molar-refractivity contribution in [3.63, 3.8) is 0 Å². The van der Waals surface area contributed by atoms with E-state index in [9.17, 15) is 0 Å². The molecule has 2 fully saturated rings. The standard InChI is InChI=1S/C18H25N3S.ClH/c19-15-12-14(13-15)4-6-20-7-9-21(10-8-20)17-2-1-3-18-16(17)5-11-22-18;/h1-3,5,11,14-15H,4,6-10,12-13,19H2;1H. The molecule has 0 radical (unpaired) electrons. The number of rotatable bonds is 4. The summed E-state index contributed by atoms with van der Waals surface area (Å²) in [6.07, 6.45) is 3.84. The van der Waals surface area contributed by atoms with Crippen molar-refractivity contribution in [3.8, 4) is 0 Å². The average molecular weight is 352 g/mol. The molecular formula is C18H26ClN3S. The van der Waals surface area contributed by atoms with Crippen LogP contribution in [0.2, 0.25) is 0 Å². The summed E-state index contributed by atoms with van der Waals surface area (Å²) in [5.74, 6) is 0.896. The fourth-order valence-electron chi connectivity index (χ4n) is 3.85. The van der Waals surface area contributed by atoms with Crippen LogP contribution < -0.4 is 10.6 Å². The topological polar surface area (TPSA) is 32.5 Å². The number of fused-ring (bicyclic) bond motifs is 1. The van der Waals surface area contributed by atoms with Gasteiger partial charge in [-0.25, -0.2) is 0 Å². The van der Waals surface area contributed by atoms with Crippen molar-refractivity contribution in [2.75, 3.05) is 37.6 Å². The second kappa shape index (κ2) is 7.39. The van der Waals surface area contributed by atoms with Crippen LogP contribution in [0, 0.1) is 5.92 Å². The lowest BCUT2D eigenvalue weighted by molar-refractivity contribution is 0.189. The molecule has 1 aliphatic heterocycles. The van der Waals surface area contributed by atoms with Gasteiger partial charge in [0.05, 0.1) is 0 Å². The first-order chi connectivity index (χ1) is 10.8. The first-order valence-electron chi connectivity index (χ1n) is 8.49. The highest BCUT2D eigenvalue weighted by molar-refractivity contribution is 7.17. The van der Waals surface area contributed by atoms with E-state index >= 15 is 0 Å². The second-order valence-electron chi connectivity index (χ2n) is 6.82. The molecule has 0 unspecified atom stereocenters. The van der Waals surface area contributed by atoms with E-state index in [1.54, 1.807) is 0 Å². The van der Waals surface area contributed by atoms with E-state index in [0.29, 0.717) is 6.04 Å². The van der Waals surface area contributed by atoms with Crippen LogP contribution in [-0.4, -0.2) is 43.7 Å². The Morgan fingerprint density at radius 3 is 2.61 bits per heavy atom. The van der Waals surface area contributed by atoms with E-state index < -0.39 is 0 Å². The van der Waals surface area contributed by atoms with Crippen LogP contribution in [0.3, 0.4) is 0 Å². The van der Waals surface area contributed by atoms with Crippen LogP contribution in [0.4, 0.5) is 5.69 Å². The molecule has 1 saturated heterocycles. The van der Waals surface area contributed by atoms with Crippen molar-refractivity contribution in [3.05, 3.63) is 29.6 Å². The number of nitrogens with two attached hydrogens (primary N) is 1. The second-order valence-corrected chi connectivity index (χ2v) is 7.77. The Labute approximate surface area is 148 Å². The molecule has 1 aliphatic carbocycles. The van der Waals surface area contributed by atoms with Gasteiger partial charge in [0.1, 0.15) is 0 Å². The molecule has 3 nitrogen and oxygen atoms in total. The third kappa shape index (κ3) is 3.66. The molecule has 0 atom stereocenters. The minimum atomic E-state index is 0. The van der Waals surface area contributed by atoms with Gasteiger partial charge in [-0.3, -0.25) is 4.90 Å². The largest absolute Gasteiger partial charge is 0.368 e. The number of hydrogen-bond acceptors (Lipinski definition) is 4. The molecule has 2 N–H and O–H groups in total. The Morgan fingerprint density at radius 2 is 1.87 bits per heavy atom. The number of hydrogen-bond donors (Lipinski definition) is 1. The first-order valence-corrected chi connectivity index (χ1v) is 9.36. The van der Waals surface area contributed by atoms with Gasteiger partial charge in [-0.2, -0.15) is 0 Å². The number of benzene rings is 1. The van der Waals surface area contributed by atoms with Crippen LogP contribution in [0.15, 0.2) is 29.6 Å². The summed E-state index contributed by atoms with van der Waals surface area (Å²) in [5, 5.41) is 3.62. The van der Waals surface area contributed by atoms with Gasteiger partial charge in [0, 0.05) is 48.0 Å². The van der Waals surface area contributed by atoms with Crippen molar-refractivity contribution in [1.29, 1.82) is 0 Å². The third-order valence-electron chi connectivity index (χ3n) is 5.31. The molecule has 2 aromatic rings. The number of piperazine rings is 1. The molecule has 126 valence electrons. The summed E-state index contributed by atoms with van der Waals surface area (Å²) in [4.78, 5) is 5.19. The molecule has 0 amide bonds. The van der Waals surface area contributed by atoms with Crippen LogP contribution in [0.5, 0.6) is 0 Å². The molecule has 1 saturated carbocycles. The maximum Gasteiger partial charge on any atom is 0.0455 e. The Hall–Kier alpha value is -0.810. The molecule has 0 bridgehead atoms.